The zero-order chi connectivity index (χ0) is 19.3. The van der Waals surface area contributed by atoms with Gasteiger partial charge in [0, 0.05) is 25.0 Å². The minimum absolute atomic E-state index is 0.0785. The van der Waals surface area contributed by atoms with Crippen molar-refractivity contribution < 1.29 is 13.2 Å². The number of nitrogens with zero attached hydrogens (tertiary/aromatic N) is 2. The van der Waals surface area contributed by atoms with Crippen molar-refractivity contribution in [2.45, 2.75) is 50.5 Å². The lowest BCUT2D eigenvalue weighted by molar-refractivity contribution is -0.136. The number of hydrogen-bond donors (Lipinski definition) is 2. The van der Waals surface area contributed by atoms with Crippen LogP contribution in [0.3, 0.4) is 0 Å². The Morgan fingerprint density at radius 1 is 1.35 bits per heavy atom. The molecule has 1 aromatic carbocycles. The Bertz CT molecular complexity index is 789. The van der Waals surface area contributed by atoms with E-state index in [2.05, 4.69) is 5.32 Å². The predicted octanol–water partition coefficient (Wildman–Crippen LogP) is 2.04. The van der Waals surface area contributed by atoms with Crippen LogP contribution in [0.1, 0.15) is 45.1 Å². The van der Waals surface area contributed by atoms with Crippen molar-refractivity contribution in [1.82, 2.24) is 4.90 Å². The summed E-state index contributed by atoms with van der Waals surface area (Å²) in [4.78, 5) is 14.3. The normalized spacial score (nSPS) is 15.7. The predicted molar refractivity (Wildman–Crippen MR) is 99.8 cm³/mol. The van der Waals surface area contributed by atoms with Crippen molar-refractivity contribution in [3.63, 3.8) is 0 Å². The molecule has 1 fully saturated rings. The van der Waals surface area contributed by atoms with Crippen molar-refractivity contribution in [2.24, 2.45) is 11.1 Å². The molecule has 2 rings (SSSR count). The molecule has 1 heterocycles. The summed E-state index contributed by atoms with van der Waals surface area (Å²) in [5.74, 6) is 0.319. The fraction of sp³-hybridized carbons (Fsp3) is 0.556. The van der Waals surface area contributed by atoms with E-state index >= 15 is 0 Å². The number of benzene rings is 1. The number of carbonyl (C=O) groups is 1. The molecule has 142 valence electrons. The Kier molecular flexibility index (Phi) is 6.62. The third kappa shape index (κ3) is 4.74. The van der Waals surface area contributed by atoms with Crippen LogP contribution >= 0.6 is 0 Å². The number of likely N-dealkylation sites (tertiary alicyclic amines) is 1. The Morgan fingerprint density at radius 3 is 2.46 bits per heavy atom. The van der Waals surface area contributed by atoms with Gasteiger partial charge in [-0.25, -0.2) is 13.6 Å². The quantitative estimate of drug-likeness (QED) is 0.786. The standard InChI is InChI=1S/C18H26N4O3S/c1-3-13(4-2)18(23)22-9-7-15(8-10-22)21-17-6-5-16(26(20,24)25)11-14(17)12-19/h5-6,11,13,15,21H,3-4,7-10H2,1-2H3,(H2,20,24,25). The molecule has 1 aliphatic rings. The molecule has 0 saturated carbocycles. The minimum atomic E-state index is -3.84. The molecule has 0 spiro atoms. The Hall–Kier alpha value is -2.11. The number of carbonyl (C=O) groups excluding carboxylic acids is 1. The highest BCUT2D eigenvalue weighted by atomic mass is 32.2. The summed E-state index contributed by atoms with van der Waals surface area (Å²) in [6.45, 7) is 5.44. The van der Waals surface area contributed by atoms with E-state index in [-0.39, 0.29) is 28.3 Å². The lowest BCUT2D eigenvalue weighted by Crippen LogP contribution is -2.44. The maximum Gasteiger partial charge on any atom is 0.238 e. The van der Waals surface area contributed by atoms with Gasteiger partial charge in [-0.15, -0.1) is 0 Å². The average Bonchev–Trinajstić information content (AvgIpc) is 2.62. The largest absolute Gasteiger partial charge is 0.381 e. The topological polar surface area (TPSA) is 116 Å². The van der Waals surface area contributed by atoms with E-state index in [9.17, 15) is 18.5 Å². The summed E-state index contributed by atoms with van der Waals surface area (Å²) in [5.41, 5.74) is 0.830. The fourth-order valence-corrected chi connectivity index (χ4v) is 3.82. The third-order valence-electron chi connectivity index (χ3n) is 4.94. The molecule has 3 N–H and O–H groups in total. The van der Waals surface area contributed by atoms with Gasteiger partial charge in [0.05, 0.1) is 16.1 Å². The van der Waals surface area contributed by atoms with Crippen molar-refractivity contribution in [3.05, 3.63) is 23.8 Å². The van der Waals surface area contributed by atoms with Crippen molar-refractivity contribution in [1.29, 1.82) is 5.26 Å². The molecule has 7 nitrogen and oxygen atoms in total. The second kappa shape index (κ2) is 8.52. The number of rotatable bonds is 6. The van der Waals surface area contributed by atoms with Gasteiger partial charge in [0.2, 0.25) is 15.9 Å². The van der Waals surface area contributed by atoms with Gasteiger partial charge in [0.15, 0.2) is 0 Å². The van der Waals surface area contributed by atoms with Crippen molar-refractivity contribution in [2.75, 3.05) is 18.4 Å². The Morgan fingerprint density at radius 2 is 1.96 bits per heavy atom. The lowest BCUT2D eigenvalue weighted by Gasteiger charge is -2.34. The number of nitriles is 1. The molecule has 26 heavy (non-hydrogen) atoms. The van der Waals surface area contributed by atoms with Gasteiger partial charge in [0.25, 0.3) is 0 Å². The van der Waals surface area contributed by atoms with Crippen LogP contribution in [0.4, 0.5) is 5.69 Å². The van der Waals surface area contributed by atoms with Crippen LogP contribution in [0.2, 0.25) is 0 Å². The third-order valence-corrected chi connectivity index (χ3v) is 5.85. The maximum absolute atomic E-state index is 12.5. The van der Waals surface area contributed by atoms with E-state index in [4.69, 9.17) is 5.14 Å². The van der Waals surface area contributed by atoms with E-state index in [0.29, 0.717) is 18.8 Å². The van der Waals surface area contributed by atoms with Gasteiger partial charge in [-0.1, -0.05) is 13.8 Å². The number of hydrogen-bond acceptors (Lipinski definition) is 5. The Balaban J connectivity index is 2.02. The lowest BCUT2D eigenvalue weighted by atomic mass is 9.98. The van der Waals surface area contributed by atoms with E-state index in [0.717, 1.165) is 25.7 Å². The molecule has 1 aromatic rings. The molecule has 0 unspecified atom stereocenters. The number of amides is 1. The number of nitrogens with two attached hydrogens (primary N) is 1. The van der Waals surface area contributed by atoms with Crippen molar-refractivity contribution in [3.8, 4) is 6.07 Å². The average molecular weight is 378 g/mol. The molecular weight excluding hydrogens is 352 g/mol. The highest BCUT2D eigenvalue weighted by Crippen LogP contribution is 2.24. The summed E-state index contributed by atoms with van der Waals surface area (Å²) >= 11 is 0. The van der Waals surface area contributed by atoms with Crippen LogP contribution < -0.4 is 10.5 Å². The summed E-state index contributed by atoms with van der Waals surface area (Å²) in [7, 11) is -3.84. The monoisotopic (exact) mass is 378 g/mol. The number of primary sulfonamides is 1. The second-order valence-electron chi connectivity index (χ2n) is 6.62. The highest BCUT2D eigenvalue weighted by Gasteiger charge is 2.26. The van der Waals surface area contributed by atoms with E-state index in [1.54, 1.807) is 6.07 Å². The summed E-state index contributed by atoms with van der Waals surface area (Å²) in [6, 6.07) is 6.38. The van der Waals surface area contributed by atoms with Gasteiger partial charge >= 0.3 is 0 Å². The van der Waals surface area contributed by atoms with E-state index in [1.807, 2.05) is 24.8 Å². The van der Waals surface area contributed by atoms with E-state index in [1.165, 1.54) is 12.1 Å². The SMILES string of the molecule is CCC(CC)C(=O)N1CCC(Nc2ccc(S(N)(=O)=O)cc2C#N)CC1. The summed E-state index contributed by atoms with van der Waals surface area (Å²) < 4.78 is 22.8. The van der Waals surface area contributed by atoms with Gasteiger partial charge in [-0.3, -0.25) is 4.79 Å². The number of sulfonamides is 1. The molecule has 8 heteroatoms. The van der Waals surface area contributed by atoms with Crippen LogP contribution in [0.25, 0.3) is 0 Å². The van der Waals surface area contributed by atoms with Crippen LogP contribution in [0.15, 0.2) is 23.1 Å². The van der Waals surface area contributed by atoms with Gasteiger partial charge in [0.1, 0.15) is 6.07 Å². The first-order valence-corrected chi connectivity index (χ1v) is 10.5. The van der Waals surface area contributed by atoms with Crippen LogP contribution in [0.5, 0.6) is 0 Å². The number of anilines is 1. The molecular formula is C18H26N4O3S. The highest BCUT2D eigenvalue weighted by molar-refractivity contribution is 7.89. The van der Waals surface area contributed by atoms with Crippen LogP contribution in [0, 0.1) is 17.2 Å². The zero-order valence-corrected chi connectivity index (χ0v) is 16.1. The maximum atomic E-state index is 12.5. The fourth-order valence-electron chi connectivity index (χ4n) is 3.28. The molecule has 1 aliphatic heterocycles. The number of nitrogens with one attached hydrogen (secondary N) is 1. The first kappa shape index (κ1) is 20.2. The summed E-state index contributed by atoms with van der Waals surface area (Å²) in [5, 5.41) is 17.7. The molecule has 0 atom stereocenters. The van der Waals surface area contributed by atoms with E-state index < -0.39 is 10.0 Å². The molecule has 0 aliphatic carbocycles. The Labute approximate surface area is 155 Å². The first-order chi connectivity index (χ1) is 12.3. The van der Waals surface area contributed by atoms with Gasteiger partial charge < -0.3 is 10.2 Å². The van der Waals surface area contributed by atoms with Gasteiger partial charge in [-0.2, -0.15) is 5.26 Å². The van der Waals surface area contributed by atoms with Gasteiger partial charge in [-0.05, 0) is 43.9 Å². The molecule has 1 saturated heterocycles. The number of piperidine rings is 1. The first-order valence-electron chi connectivity index (χ1n) is 8.92. The second-order valence-corrected chi connectivity index (χ2v) is 8.18. The zero-order valence-electron chi connectivity index (χ0n) is 15.2. The van der Waals surface area contributed by atoms with Crippen LogP contribution in [-0.2, 0) is 14.8 Å². The van der Waals surface area contributed by atoms with Crippen LogP contribution in [-0.4, -0.2) is 38.4 Å². The minimum Gasteiger partial charge on any atom is -0.381 e. The molecule has 0 radical (unpaired) electrons. The molecule has 0 bridgehead atoms. The smallest absolute Gasteiger partial charge is 0.238 e. The molecule has 0 aromatic heterocycles. The molecule has 1 amide bonds. The van der Waals surface area contributed by atoms with Crippen molar-refractivity contribution >= 4 is 21.6 Å². The summed E-state index contributed by atoms with van der Waals surface area (Å²) in [6.07, 6.45) is 3.28.